The maximum absolute atomic E-state index is 11.8. The molecule has 6 N–H and O–H groups in total. The van der Waals surface area contributed by atoms with Gasteiger partial charge < -0.3 is 21.9 Å². The van der Waals surface area contributed by atoms with Crippen molar-refractivity contribution in [2.24, 2.45) is 27.2 Å². The van der Waals surface area contributed by atoms with Crippen LogP contribution in [0.2, 0.25) is 0 Å². The third kappa shape index (κ3) is 5.81. The topological polar surface area (TPSA) is 142 Å². The van der Waals surface area contributed by atoms with Crippen LogP contribution in [0, 0.1) is 0 Å². The lowest BCUT2D eigenvalue weighted by Crippen LogP contribution is -2.26. The quantitative estimate of drug-likeness (QED) is 0.419. The molecule has 0 aliphatic heterocycles. The van der Waals surface area contributed by atoms with Gasteiger partial charge in [-0.1, -0.05) is 11.8 Å². The van der Waals surface area contributed by atoms with Crippen LogP contribution in [0.25, 0.3) is 0 Å². The number of nitrogens with zero attached hydrogens (tertiary/aromatic N) is 3. The summed E-state index contributed by atoms with van der Waals surface area (Å²) in [6, 6.07) is 10.5. The predicted molar refractivity (Wildman–Crippen MR) is 97.9 cm³/mol. The lowest BCUT2D eigenvalue weighted by atomic mass is 10.3. The van der Waals surface area contributed by atoms with Gasteiger partial charge >= 0.3 is 5.97 Å². The van der Waals surface area contributed by atoms with Crippen molar-refractivity contribution in [2.75, 3.05) is 6.61 Å². The van der Waals surface area contributed by atoms with E-state index in [9.17, 15) is 4.79 Å². The van der Waals surface area contributed by atoms with E-state index in [1.54, 1.807) is 37.4 Å². The molecule has 0 bridgehead atoms. The van der Waals surface area contributed by atoms with Gasteiger partial charge in [-0.25, -0.2) is 14.8 Å². The van der Waals surface area contributed by atoms with Crippen molar-refractivity contribution in [1.82, 2.24) is 4.98 Å². The van der Waals surface area contributed by atoms with Gasteiger partial charge in [-0.2, -0.15) is 4.99 Å². The van der Waals surface area contributed by atoms with Crippen molar-refractivity contribution in [2.45, 2.75) is 16.8 Å². The molecule has 130 valence electrons. The number of guanidine groups is 2. The van der Waals surface area contributed by atoms with Gasteiger partial charge in [0.1, 0.15) is 5.03 Å². The predicted octanol–water partition coefficient (Wildman–Crippen LogP) is 1.63. The molecule has 0 fully saturated rings. The number of carbonyl (C=O) groups is 1. The number of esters is 1. The molecule has 1 aromatic heterocycles. The zero-order valence-electron chi connectivity index (χ0n) is 13.5. The monoisotopic (exact) mass is 358 g/mol. The van der Waals surface area contributed by atoms with Gasteiger partial charge in [0.05, 0.1) is 17.9 Å². The largest absolute Gasteiger partial charge is 0.462 e. The fourth-order valence-corrected chi connectivity index (χ4v) is 2.62. The Labute approximate surface area is 149 Å². The number of benzene rings is 1. The summed E-state index contributed by atoms with van der Waals surface area (Å²) in [5, 5.41) is 0.682. The molecule has 0 radical (unpaired) electrons. The van der Waals surface area contributed by atoms with Gasteiger partial charge in [-0.3, -0.25) is 0 Å². The molecule has 1 aromatic carbocycles. The molecular formula is C16H18N6O2S. The zero-order valence-corrected chi connectivity index (χ0v) is 14.4. The van der Waals surface area contributed by atoms with Gasteiger partial charge in [0.2, 0.25) is 5.96 Å². The summed E-state index contributed by atoms with van der Waals surface area (Å²) >= 11 is 1.41. The van der Waals surface area contributed by atoms with Crippen LogP contribution in [0.15, 0.2) is 62.5 Å². The lowest BCUT2D eigenvalue weighted by Gasteiger charge is -2.05. The molecule has 1 heterocycles. The lowest BCUT2D eigenvalue weighted by molar-refractivity contribution is 0.0526. The first-order chi connectivity index (χ1) is 12.0. The Morgan fingerprint density at radius 1 is 1.20 bits per heavy atom. The second kappa shape index (κ2) is 8.69. The maximum atomic E-state index is 11.8. The normalized spacial score (nSPS) is 11.0. The van der Waals surface area contributed by atoms with Crippen LogP contribution in [-0.2, 0) is 4.74 Å². The summed E-state index contributed by atoms with van der Waals surface area (Å²) in [6.07, 6.45) is 1.57. The van der Waals surface area contributed by atoms with Gasteiger partial charge in [0, 0.05) is 11.1 Å². The van der Waals surface area contributed by atoms with Crippen molar-refractivity contribution >= 4 is 35.3 Å². The Balaban J connectivity index is 2.10. The van der Waals surface area contributed by atoms with Gasteiger partial charge in [-0.15, -0.1) is 0 Å². The number of ether oxygens (including phenoxy) is 1. The second-order valence-corrected chi connectivity index (χ2v) is 5.80. The zero-order chi connectivity index (χ0) is 18.2. The van der Waals surface area contributed by atoms with Crippen molar-refractivity contribution < 1.29 is 9.53 Å². The van der Waals surface area contributed by atoms with Crippen molar-refractivity contribution in [3.8, 4) is 0 Å². The summed E-state index contributed by atoms with van der Waals surface area (Å²) in [6.45, 7) is 2.09. The molecule has 25 heavy (non-hydrogen) atoms. The average molecular weight is 358 g/mol. The van der Waals surface area contributed by atoms with Crippen molar-refractivity contribution in [3.63, 3.8) is 0 Å². The van der Waals surface area contributed by atoms with E-state index in [0.717, 1.165) is 4.90 Å². The van der Waals surface area contributed by atoms with Crippen LogP contribution in [0.5, 0.6) is 0 Å². The molecule has 0 aliphatic rings. The molecule has 0 saturated carbocycles. The number of hydrogen-bond donors (Lipinski definition) is 3. The van der Waals surface area contributed by atoms with E-state index in [0.29, 0.717) is 22.9 Å². The minimum atomic E-state index is -0.369. The fraction of sp³-hybridized carbons (Fsp3) is 0.125. The Morgan fingerprint density at radius 2 is 1.92 bits per heavy atom. The summed E-state index contributed by atoms with van der Waals surface area (Å²) in [4.78, 5) is 24.6. The average Bonchev–Trinajstić information content (AvgIpc) is 2.56. The molecule has 0 spiro atoms. The van der Waals surface area contributed by atoms with E-state index >= 15 is 0 Å². The highest BCUT2D eigenvalue weighted by Crippen LogP contribution is 2.28. The molecule has 0 unspecified atom stereocenters. The molecule has 9 heteroatoms. The number of pyridine rings is 1. The van der Waals surface area contributed by atoms with Gasteiger partial charge in [0.25, 0.3) is 0 Å². The molecule has 8 nitrogen and oxygen atoms in total. The van der Waals surface area contributed by atoms with Gasteiger partial charge in [0.15, 0.2) is 5.96 Å². The molecule has 0 atom stereocenters. The number of hydrogen-bond acceptors (Lipinski definition) is 5. The van der Waals surface area contributed by atoms with Crippen LogP contribution in [0.3, 0.4) is 0 Å². The Bertz CT molecular complexity index is 801. The maximum Gasteiger partial charge on any atom is 0.338 e. The Kier molecular flexibility index (Phi) is 6.35. The minimum Gasteiger partial charge on any atom is -0.462 e. The van der Waals surface area contributed by atoms with Crippen LogP contribution in [0.1, 0.15) is 17.3 Å². The van der Waals surface area contributed by atoms with E-state index < -0.39 is 0 Å². The first kappa shape index (κ1) is 18.3. The molecule has 0 saturated heterocycles. The highest BCUT2D eigenvalue weighted by molar-refractivity contribution is 7.99. The summed E-state index contributed by atoms with van der Waals surface area (Å²) < 4.78 is 4.98. The van der Waals surface area contributed by atoms with E-state index in [1.165, 1.54) is 11.8 Å². The highest BCUT2D eigenvalue weighted by Gasteiger charge is 2.08. The first-order valence-electron chi connectivity index (χ1n) is 7.33. The van der Waals surface area contributed by atoms with Gasteiger partial charge in [-0.05, 0) is 43.3 Å². The van der Waals surface area contributed by atoms with Crippen LogP contribution >= 0.6 is 11.8 Å². The molecule has 2 aromatic rings. The van der Waals surface area contributed by atoms with Crippen LogP contribution in [0.4, 0.5) is 5.69 Å². The molecular weight excluding hydrogens is 340 g/mol. The summed E-state index contributed by atoms with van der Waals surface area (Å²) in [5.41, 5.74) is 17.1. The fourth-order valence-electron chi connectivity index (χ4n) is 1.81. The third-order valence-electron chi connectivity index (χ3n) is 2.79. The first-order valence-corrected chi connectivity index (χ1v) is 8.14. The summed E-state index contributed by atoms with van der Waals surface area (Å²) in [7, 11) is 0. The highest BCUT2D eigenvalue weighted by atomic mass is 32.2. The number of aromatic nitrogens is 1. The molecule has 0 amide bonds. The smallest absolute Gasteiger partial charge is 0.338 e. The SMILES string of the molecule is CCOC(=O)c1ccnc(Sc2ccc(N=C(N)N=C(N)N)cc2)c1. The Hall–Kier alpha value is -3.07. The van der Waals surface area contributed by atoms with Crippen molar-refractivity contribution in [3.05, 3.63) is 48.2 Å². The van der Waals surface area contributed by atoms with E-state index in [4.69, 9.17) is 21.9 Å². The number of aliphatic imine (C=N–C) groups is 2. The number of nitrogens with two attached hydrogens (primary N) is 3. The van der Waals surface area contributed by atoms with Crippen LogP contribution < -0.4 is 17.2 Å². The van der Waals surface area contributed by atoms with E-state index in [-0.39, 0.29) is 17.9 Å². The molecule has 0 aliphatic carbocycles. The Morgan fingerprint density at radius 3 is 2.56 bits per heavy atom. The van der Waals surface area contributed by atoms with E-state index in [1.807, 2.05) is 12.1 Å². The molecule has 2 rings (SSSR count). The number of carbonyl (C=O) groups excluding carboxylic acids is 1. The van der Waals surface area contributed by atoms with Crippen molar-refractivity contribution in [1.29, 1.82) is 0 Å². The second-order valence-electron chi connectivity index (χ2n) is 4.71. The standard InChI is InChI=1S/C16H18N6O2S/c1-2-24-14(23)10-7-8-20-13(9-10)25-12-5-3-11(4-6-12)21-16(19)22-15(17)18/h3-9H,2H2,1H3,(H6,17,18,19,21,22). The minimum absolute atomic E-state index is 0.0239. The van der Waals surface area contributed by atoms with E-state index in [2.05, 4.69) is 15.0 Å². The van der Waals surface area contributed by atoms with Crippen LogP contribution in [-0.4, -0.2) is 29.5 Å². The third-order valence-corrected chi connectivity index (χ3v) is 3.73. The summed E-state index contributed by atoms with van der Waals surface area (Å²) in [5.74, 6) is -0.545. The number of rotatable bonds is 5.